The highest BCUT2D eigenvalue weighted by molar-refractivity contribution is 5.16. The normalized spacial score (nSPS) is 58.7. The summed E-state index contributed by atoms with van der Waals surface area (Å²) in [6.45, 7) is 9.42. The molecule has 0 spiro atoms. The summed E-state index contributed by atoms with van der Waals surface area (Å²) in [6.07, 6.45) is 6.23. The summed E-state index contributed by atoms with van der Waals surface area (Å²) in [7, 11) is 0. The van der Waals surface area contributed by atoms with Crippen LogP contribution in [0.1, 0.15) is 59.8 Å². The lowest BCUT2D eigenvalue weighted by Gasteiger charge is -2.40. The Morgan fingerprint density at radius 2 is 1.75 bits per heavy atom. The van der Waals surface area contributed by atoms with Crippen LogP contribution in [0.25, 0.3) is 0 Å². The predicted octanol–water partition coefficient (Wildman–Crippen LogP) is 3.61. The molecule has 0 aromatic heterocycles. The van der Waals surface area contributed by atoms with Crippen molar-refractivity contribution in [2.24, 2.45) is 28.6 Å². The van der Waals surface area contributed by atoms with Gasteiger partial charge in [0, 0.05) is 0 Å². The number of fused-ring (bicyclic) bond motifs is 3. The van der Waals surface area contributed by atoms with Crippen LogP contribution in [0.15, 0.2) is 0 Å². The van der Waals surface area contributed by atoms with E-state index in [0.717, 1.165) is 12.3 Å². The topological polar surface area (TPSA) is 20.2 Å². The zero-order chi connectivity index (χ0) is 11.8. The summed E-state index contributed by atoms with van der Waals surface area (Å²) in [5.41, 5.74) is 0.460. The number of hydrogen-bond donors (Lipinski definition) is 1. The number of rotatable bonds is 0. The Hall–Kier alpha value is -0.0400. The van der Waals surface area contributed by atoms with E-state index in [2.05, 4.69) is 27.7 Å². The van der Waals surface area contributed by atoms with Crippen molar-refractivity contribution in [3.05, 3.63) is 0 Å². The van der Waals surface area contributed by atoms with Crippen LogP contribution in [-0.2, 0) is 0 Å². The molecule has 1 nitrogen and oxygen atoms in total. The van der Waals surface area contributed by atoms with Gasteiger partial charge in [0.2, 0.25) is 0 Å². The fourth-order valence-corrected chi connectivity index (χ4v) is 5.17. The van der Waals surface area contributed by atoms with Crippen LogP contribution in [0.3, 0.4) is 0 Å². The van der Waals surface area contributed by atoms with Gasteiger partial charge in [-0.15, -0.1) is 0 Å². The minimum Gasteiger partial charge on any atom is -0.389 e. The van der Waals surface area contributed by atoms with E-state index in [4.69, 9.17) is 0 Å². The zero-order valence-electron chi connectivity index (χ0n) is 11.2. The van der Waals surface area contributed by atoms with Crippen LogP contribution in [0.5, 0.6) is 0 Å². The molecule has 3 fully saturated rings. The summed E-state index contributed by atoms with van der Waals surface area (Å²) >= 11 is 0. The molecule has 5 atom stereocenters. The lowest BCUT2D eigenvalue weighted by Crippen LogP contribution is -2.44. The minimum absolute atomic E-state index is 0.338. The Balaban J connectivity index is 2.01. The molecule has 0 aromatic rings. The van der Waals surface area contributed by atoms with Crippen LogP contribution in [0.2, 0.25) is 0 Å². The van der Waals surface area contributed by atoms with Crippen LogP contribution in [0.4, 0.5) is 0 Å². The molecule has 3 rings (SSSR count). The third-order valence-corrected chi connectivity index (χ3v) is 6.16. The molecule has 3 aliphatic carbocycles. The van der Waals surface area contributed by atoms with Crippen molar-refractivity contribution in [2.75, 3.05) is 0 Å². The van der Waals surface area contributed by atoms with Gasteiger partial charge in [-0.2, -0.15) is 0 Å². The first-order valence-corrected chi connectivity index (χ1v) is 7.00. The number of hydrogen-bond acceptors (Lipinski definition) is 1. The van der Waals surface area contributed by atoms with E-state index in [1.54, 1.807) is 0 Å². The van der Waals surface area contributed by atoms with Gasteiger partial charge in [-0.1, -0.05) is 27.7 Å². The van der Waals surface area contributed by atoms with E-state index in [-0.39, 0.29) is 5.60 Å². The van der Waals surface area contributed by atoms with Gasteiger partial charge in [0.15, 0.2) is 0 Å². The third-order valence-electron chi connectivity index (χ3n) is 6.16. The molecule has 0 saturated heterocycles. The SMILES string of the molecule is C[C@H]1CC[C@H]2[C@@]3(C)C[C@H]3CC(C)(C)C[C@]12O. The first-order chi connectivity index (χ1) is 7.28. The lowest BCUT2D eigenvalue weighted by atomic mass is 9.70. The van der Waals surface area contributed by atoms with Crippen LogP contribution >= 0.6 is 0 Å². The van der Waals surface area contributed by atoms with Crippen molar-refractivity contribution in [2.45, 2.75) is 65.4 Å². The molecule has 0 unspecified atom stereocenters. The van der Waals surface area contributed by atoms with Crippen molar-refractivity contribution < 1.29 is 5.11 Å². The van der Waals surface area contributed by atoms with Crippen LogP contribution in [-0.4, -0.2) is 10.7 Å². The van der Waals surface area contributed by atoms with Gasteiger partial charge in [-0.3, -0.25) is 0 Å². The Kier molecular flexibility index (Phi) is 1.98. The van der Waals surface area contributed by atoms with E-state index >= 15 is 0 Å². The zero-order valence-corrected chi connectivity index (χ0v) is 11.2. The summed E-state index contributed by atoms with van der Waals surface area (Å²) in [5.74, 6) is 1.99. The Bertz CT molecular complexity index is 321. The molecule has 0 radical (unpaired) electrons. The van der Waals surface area contributed by atoms with Crippen LogP contribution < -0.4 is 0 Å². The van der Waals surface area contributed by atoms with E-state index in [0.29, 0.717) is 22.7 Å². The molecule has 92 valence electrons. The molecule has 0 bridgehead atoms. The van der Waals surface area contributed by atoms with E-state index in [9.17, 15) is 5.11 Å². The third kappa shape index (κ3) is 1.27. The lowest BCUT2D eigenvalue weighted by molar-refractivity contribution is -0.0747. The van der Waals surface area contributed by atoms with Crippen molar-refractivity contribution in [1.29, 1.82) is 0 Å². The van der Waals surface area contributed by atoms with Crippen LogP contribution in [0, 0.1) is 28.6 Å². The number of aliphatic hydroxyl groups is 1. The first-order valence-electron chi connectivity index (χ1n) is 7.00. The monoisotopic (exact) mass is 222 g/mol. The van der Waals surface area contributed by atoms with Crippen molar-refractivity contribution >= 4 is 0 Å². The maximum absolute atomic E-state index is 11.2. The van der Waals surface area contributed by atoms with Gasteiger partial charge in [0.05, 0.1) is 5.60 Å². The van der Waals surface area contributed by atoms with E-state index in [1.807, 2.05) is 0 Å². The van der Waals surface area contributed by atoms with Crippen molar-refractivity contribution in [3.8, 4) is 0 Å². The van der Waals surface area contributed by atoms with Gasteiger partial charge in [-0.05, 0) is 60.7 Å². The van der Waals surface area contributed by atoms with Gasteiger partial charge < -0.3 is 5.11 Å². The Labute approximate surface area is 99.6 Å². The molecule has 1 heteroatoms. The average molecular weight is 222 g/mol. The fourth-order valence-electron chi connectivity index (χ4n) is 5.17. The highest BCUT2D eigenvalue weighted by atomic mass is 16.3. The fraction of sp³-hybridized carbons (Fsp3) is 1.00. The molecule has 3 saturated carbocycles. The maximum Gasteiger partial charge on any atom is 0.0711 e. The van der Waals surface area contributed by atoms with Gasteiger partial charge >= 0.3 is 0 Å². The largest absolute Gasteiger partial charge is 0.389 e. The second kappa shape index (κ2) is 2.85. The molecule has 0 amide bonds. The second-order valence-corrected chi connectivity index (χ2v) is 7.97. The molecular formula is C15H26O. The molecule has 0 heterocycles. The Morgan fingerprint density at radius 1 is 1.06 bits per heavy atom. The smallest absolute Gasteiger partial charge is 0.0711 e. The summed E-state index contributed by atoms with van der Waals surface area (Å²) in [6, 6.07) is 0. The standard InChI is InChI=1S/C15H26O/c1-10-5-6-12-14(4)8-11(14)7-13(2,3)9-15(10,12)16/h10-12,16H,5-9H2,1-4H3/t10-,11+,12-,14-,15-/m0/s1. The highest BCUT2D eigenvalue weighted by Crippen LogP contribution is 2.71. The molecular weight excluding hydrogens is 196 g/mol. The summed E-state index contributed by atoms with van der Waals surface area (Å²) in [5, 5.41) is 11.2. The predicted molar refractivity (Wildman–Crippen MR) is 66.1 cm³/mol. The second-order valence-electron chi connectivity index (χ2n) is 7.97. The average Bonchev–Trinajstić information content (AvgIpc) is 2.64. The Morgan fingerprint density at radius 3 is 2.44 bits per heavy atom. The highest BCUT2D eigenvalue weighted by Gasteiger charge is 2.67. The van der Waals surface area contributed by atoms with Gasteiger partial charge in [0.25, 0.3) is 0 Å². The molecule has 0 aromatic carbocycles. The van der Waals surface area contributed by atoms with Gasteiger partial charge in [0.1, 0.15) is 0 Å². The summed E-state index contributed by atoms with van der Waals surface area (Å²) in [4.78, 5) is 0. The first kappa shape index (κ1) is 11.1. The quantitative estimate of drug-likeness (QED) is 0.664. The molecule has 1 N–H and O–H groups in total. The molecule has 0 aliphatic heterocycles. The molecule has 16 heavy (non-hydrogen) atoms. The van der Waals surface area contributed by atoms with Crippen molar-refractivity contribution in [3.63, 3.8) is 0 Å². The van der Waals surface area contributed by atoms with Gasteiger partial charge in [-0.25, -0.2) is 0 Å². The maximum atomic E-state index is 11.2. The van der Waals surface area contributed by atoms with Crippen molar-refractivity contribution in [1.82, 2.24) is 0 Å². The summed E-state index contributed by atoms with van der Waals surface area (Å²) < 4.78 is 0. The molecule has 3 aliphatic rings. The van der Waals surface area contributed by atoms with E-state index < -0.39 is 0 Å². The van der Waals surface area contributed by atoms with E-state index in [1.165, 1.54) is 25.7 Å². The minimum atomic E-state index is -0.358.